The van der Waals surface area contributed by atoms with Gasteiger partial charge >= 0.3 is 17.9 Å². The zero-order chi connectivity index (χ0) is 43.7. The summed E-state index contributed by atoms with van der Waals surface area (Å²) < 4.78 is 16.8. The van der Waals surface area contributed by atoms with Crippen LogP contribution in [0.2, 0.25) is 0 Å². The molecule has 1 unspecified atom stereocenters. The highest BCUT2D eigenvalue weighted by Gasteiger charge is 2.19. The molecule has 348 valence electrons. The average Bonchev–Trinajstić information content (AvgIpc) is 3.24. The number of esters is 3. The SMILES string of the molecule is CCCCC/C=C\C/C=C\C/C=C\CCCCCCCCC(=O)OCC(COC(=O)CCCCCCCCCCCCC)OC(=O)CCCCCCC/C=C\CCCCC. The topological polar surface area (TPSA) is 78.9 Å². The molecule has 1 atom stereocenters. The Morgan fingerprint density at radius 2 is 0.600 bits per heavy atom. The predicted molar refractivity (Wildman–Crippen MR) is 256 cm³/mol. The molecule has 0 heterocycles. The molecule has 0 N–H and O–H groups in total. The summed E-state index contributed by atoms with van der Waals surface area (Å²) in [4.78, 5) is 37.9. The van der Waals surface area contributed by atoms with Crippen LogP contribution >= 0.6 is 0 Å². The summed E-state index contributed by atoms with van der Waals surface area (Å²) in [5, 5.41) is 0. The highest BCUT2D eigenvalue weighted by molar-refractivity contribution is 5.71. The lowest BCUT2D eigenvalue weighted by atomic mass is 10.1. The Bertz CT molecular complexity index is 1060. The Morgan fingerprint density at radius 3 is 0.983 bits per heavy atom. The van der Waals surface area contributed by atoms with Crippen molar-refractivity contribution in [2.75, 3.05) is 13.2 Å². The minimum absolute atomic E-state index is 0.0788. The van der Waals surface area contributed by atoms with E-state index in [0.29, 0.717) is 19.3 Å². The fourth-order valence-electron chi connectivity index (χ4n) is 7.15. The quantitative estimate of drug-likeness (QED) is 0.0263. The fraction of sp³-hybridized carbons (Fsp3) is 0.796. The van der Waals surface area contributed by atoms with Crippen molar-refractivity contribution in [3.05, 3.63) is 48.6 Å². The van der Waals surface area contributed by atoms with Gasteiger partial charge in [0.15, 0.2) is 6.10 Å². The summed E-state index contributed by atoms with van der Waals surface area (Å²) >= 11 is 0. The maximum atomic E-state index is 12.7. The highest BCUT2D eigenvalue weighted by atomic mass is 16.6. The Hall–Kier alpha value is -2.63. The second-order valence-electron chi connectivity index (χ2n) is 17.1. The summed E-state index contributed by atoms with van der Waals surface area (Å²) in [6.45, 7) is 6.57. The monoisotopic (exact) mass is 841 g/mol. The maximum Gasteiger partial charge on any atom is 0.306 e. The van der Waals surface area contributed by atoms with Crippen molar-refractivity contribution >= 4 is 17.9 Å². The van der Waals surface area contributed by atoms with Gasteiger partial charge in [0.1, 0.15) is 13.2 Å². The summed E-state index contributed by atoms with van der Waals surface area (Å²) in [6.07, 6.45) is 58.0. The van der Waals surface area contributed by atoms with E-state index in [1.807, 2.05) is 0 Å². The van der Waals surface area contributed by atoms with Crippen molar-refractivity contribution in [2.45, 2.75) is 264 Å². The third-order valence-electron chi connectivity index (χ3n) is 11.1. The third kappa shape index (κ3) is 46.4. The van der Waals surface area contributed by atoms with Crippen LogP contribution in [0.25, 0.3) is 0 Å². The summed E-state index contributed by atoms with van der Waals surface area (Å²) in [7, 11) is 0. The molecule has 60 heavy (non-hydrogen) atoms. The molecule has 0 aliphatic rings. The zero-order valence-corrected chi connectivity index (χ0v) is 39.7. The van der Waals surface area contributed by atoms with E-state index in [0.717, 1.165) is 89.9 Å². The normalized spacial score (nSPS) is 12.4. The van der Waals surface area contributed by atoms with Gasteiger partial charge < -0.3 is 14.2 Å². The van der Waals surface area contributed by atoms with Crippen LogP contribution in [0, 0.1) is 0 Å². The summed E-state index contributed by atoms with van der Waals surface area (Å²) in [5.74, 6) is -0.896. The number of ether oxygens (including phenoxy) is 3. The van der Waals surface area contributed by atoms with E-state index < -0.39 is 6.10 Å². The van der Waals surface area contributed by atoms with E-state index in [9.17, 15) is 14.4 Å². The zero-order valence-electron chi connectivity index (χ0n) is 39.7. The van der Waals surface area contributed by atoms with Crippen molar-refractivity contribution in [2.24, 2.45) is 0 Å². The van der Waals surface area contributed by atoms with Crippen LogP contribution in [-0.2, 0) is 28.6 Å². The first-order chi connectivity index (χ1) is 29.5. The number of rotatable bonds is 46. The molecular formula is C54H96O6. The molecular weight excluding hydrogens is 745 g/mol. The van der Waals surface area contributed by atoms with E-state index >= 15 is 0 Å². The van der Waals surface area contributed by atoms with Crippen LogP contribution in [0.1, 0.15) is 258 Å². The molecule has 0 aromatic rings. The van der Waals surface area contributed by atoms with Gasteiger partial charge in [-0.2, -0.15) is 0 Å². The van der Waals surface area contributed by atoms with Crippen molar-refractivity contribution in [3.63, 3.8) is 0 Å². The van der Waals surface area contributed by atoms with E-state index in [2.05, 4.69) is 69.4 Å². The number of carbonyl (C=O) groups is 3. The number of hydrogen-bond donors (Lipinski definition) is 0. The molecule has 0 spiro atoms. The first kappa shape index (κ1) is 57.4. The average molecular weight is 841 g/mol. The van der Waals surface area contributed by atoms with Crippen LogP contribution in [-0.4, -0.2) is 37.2 Å². The molecule has 0 rings (SSSR count). The van der Waals surface area contributed by atoms with Gasteiger partial charge in [-0.1, -0.05) is 204 Å². The molecule has 0 aromatic heterocycles. The molecule has 0 saturated heterocycles. The Kier molecular flexibility index (Phi) is 46.9. The van der Waals surface area contributed by atoms with Crippen LogP contribution in [0.4, 0.5) is 0 Å². The number of hydrogen-bond acceptors (Lipinski definition) is 6. The molecule has 0 bridgehead atoms. The van der Waals surface area contributed by atoms with Gasteiger partial charge in [0.2, 0.25) is 0 Å². The van der Waals surface area contributed by atoms with Crippen LogP contribution in [0.5, 0.6) is 0 Å². The molecule has 0 radical (unpaired) electrons. The lowest BCUT2D eigenvalue weighted by molar-refractivity contribution is -0.167. The van der Waals surface area contributed by atoms with Gasteiger partial charge in [-0.05, 0) is 83.5 Å². The van der Waals surface area contributed by atoms with Gasteiger partial charge in [0.05, 0.1) is 0 Å². The molecule has 0 aromatic carbocycles. The Labute approximate surface area is 371 Å². The molecule has 6 heteroatoms. The number of carbonyl (C=O) groups excluding carboxylic acids is 3. The van der Waals surface area contributed by atoms with E-state index in [1.54, 1.807) is 0 Å². The molecule has 0 amide bonds. The summed E-state index contributed by atoms with van der Waals surface area (Å²) in [5.41, 5.74) is 0. The fourth-order valence-corrected chi connectivity index (χ4v) is 7.15. The van der Waals surface area contributed by atoms with Crippen LogP contribution < -0.4 is 0 Å². The molecule has 0 saturated carbocycles. The van der Waals surface area contributed by atoms with E-state index in [1.165, 1.54) is 128 Å². The van der Waals surface area contributed by atoms with Crippen molar-refractivity contribution in [1.82, 2.24) is 0 Å². The highest BCUT2D eigenvalue weighted by Crippen LogP contribution is 2.14. The second kappa shape index (κ2) is 49.0. The maximum absolute atomic E-state index is 12.7. The molecule has 0 aliphatic heterocycles. The lowest BCUT2D eigenvalue weighted by Crippen LogP contribution is -2.30. The molecule has 6 nitrogen and oxygen atoms in total. The van der Waals surface area contributed by atoms with Gasteiger partial charge in [0, 0.05) is 19.3 Å². The first-order valence-electron chi connectivity index (χ1n) is 25.6. The predicted octanol–water partition coefficient (Wildman–Crippen LogP) is 16.7. The van der Waals surface area contributed by atoms with E-state index in [4.69, 9.17) is 14.2 Å². The molecule has 0 aliphatic carbocycles. The smallest absolute Gasteiger partial charge is 0.306 e. The standard InChI is InChI=1S/C54H96O6/c1-4-7-10-13-16-19-22-24-25-26-27-28-29-30-33-35-38-41-44-47-53(56)59-50-51(49-58-52(55)46-43-40-37-34-31-21-18-15-12-9-6-3)60-54(57)48-45-42-39-36-32-23-20-17-14-11-8-5-2/h16-17,19-20,24-25,27-28,51H,4-15,18,21-23,26,29-50H2,1-3H3/b19-16-,20-17-,25-24-,28-27-. The molecule has 0 fully saturated rings. The minimum atomic E-state index is -0.779. The van der Waals surface area contributed by atoms with E-state index in [-0.39, 0.29) is 31.1 Å². The van der Waals surface area contributed by atoms with Crippen molar-refractivity contribution < 1.29 is 28.6 Å². The van der Waals surface area contributed by atoms with Gasteiger partial charge in [-0.25, -0.2) is 0 Å². The minimum Gasteiger partial charge on any atom is -0.462 e. The number of unbranched alkanes of at least 4 members (excludes halogenated alkanes) is 27. The second-order valence-corrected chi connectivity index (χ2v) is 17.1. The van der Waals surface area contributed by atoms with Crippen molar-refractivity contribution in [3.8, 4) is 0 Å². The van der Waals surface area contributed by atoms with Crippen LogP contribution in [0.3, 0.4) is 0 Å². The van der Waals surface area contributed by atoms with Crippen LogP contribution in [0.15, 0.2) is 48.6 Å². The van der Waals surface area contributed by atoms with Crippen molar-refractivity contribution in [1.29, 1.82) is 0 Å². The largest absolute Gasteiger partial charge is 0.462 e. The first-order valence-corrected chi connectivity index (χ1v) is 25.6. The number of allylic oxidation sites excluding steroid dienone is 8. The van der Waals surface area contributed by atoms with Gasteiger partial charge in [0.25, 0.3) is 0 Å². The third-order valence-corrected chi connectivity index (χ3v) is 11.1. The Balaban J connectivity index is 4.35. The Morgan fingerprint density at radius 1 is 0.333 bits per heavy atom. The lowest BCUT2D eigenvalue weighted by Gasteiger charge is -2.18. The summed E-state index contributed by atoms with van der Waals surface area (Å²) in [6, 6.07) is 0. The van der Waals surface area contributed by atoms with Gasteiger partial charge in [-0.3, -0.25) is 14.4 Å². The van der Waals surface area contributed by atoms with Gasteiger partial charge in [-0.15, -0.1) is 0 Å².